The average Bonchev–Trinajstić information content (AvgIpc) is 3.80. The van der Waals surface area contributed by atoms with E-state index in [9.17, 15) is 0 Å². The minimum atomic E-state index is 0.972. The van der Waals surface area contributed by atoms with Crippen LogP contribution in [0.5, 0.6) is 0 Å². The van der Waals surface area contributed by atoms with Gasteiger partial charge in [-0.05, 0) is 100 Å². The molecule has 3 heterocycles. The number of pyridine rings is 1. The molecule has 11 aromatic rings. The van der Waals surface area contributed by atoms with E-state index in [1.807, 2.05) is 12.3 Å². The Kier molecular flexibility index (Phi) is 7.49. The molecule has 0 unspecified atom stereocenters. The van der Waals surface area contributed by atoms with Crippen molar-refractivity contribution in [2.45, 2.75) is 0 Å². The maximum Gasteiger partial charge on any atom is 0.0708 e. The molecule has 0 bridgehead atoms. The summed E-state index contributed by atoms with van der Waals surface area (Å²) in [6, 6.07) is 74.4. The van der Waals surface area contributed by atoms with Gasteiger partial charge < -0.3 is 9.13 Å². The van der Waals surface area contributed by atoms with Crippen LogP contribution >= 0.6 is 0 Å². The molecule has 0 aliphatic heterocycles. The van der Waals surface area contributed by atoms with Gasteiger partial charge in [-0.25, -0.2) is 0 Å². The van der Waals surface area contributed by atoms with Gasteiger partial charge in [-0.2, -0.15) is 0 Å². The highest BCUT2D eigenvalue weighted by Gasteiger charge is 2.16. The molecule has 262 valence electrons. The summed E-state index contributed by atoms with van der Waals surface area (Å²) in [4.78, 5) is 4.66. The van der Waals surface area contributed by atoms with Crippen LogP contribution in [0.1, 0.15) is 0 Å². The molecule has 0 amide bonds. The van der Waals surface area contributed by atoms with Crippen molar-refractivity contribution in [1.82, 2.24) is 14.1 Å². The minimum Gasteiger partial charge on any atom is -0.309 e. The minimum absolute atomic E-state index is 0.972. The average molecular weight is 714 g/mol. The van der Waals surface area contributed by atoms with Crippen molar-refractivity contribution < 1.29 is 0 Å². The lowest BCUT2D eigenvalue weighted by atomic mass is 9.98. The fourth-order valence-corrected chi connectivity index (χ4v) is 8.53. The smallest absolute Gasteiger partial charge is 0.0708 e. The van der Waals surface area contributed by atoms with E-state index in [0.717, 1.165) is 33.8 Å². The maximum absolute atomic E-state index is 4.66. The Morgan fingerprint density at radius 3 is 1.29 bits per heavy atom. The fourth-order valence-electron chi connectivity index (χ4n) is 8.53. The molecule has 0 atom stereocenters. The van der Waals surface area contributed by atoms with Crippen LogP contribution in [0, 0.1) is 0 Å². The largest absolute Gasteiger partial charge is 0.309 e. The Balaban J connectivity index is 1.01. The first-order valence-electron chi connectivity index (χ1n) is 19.1. The SMILES string of the molecule is c1ccc(-c2cc(-c3cccc(-c4cccc(-n5c6ccccc6c6ccc(-c7cccc(-n8c9ccccc9c9ccccc98)c7)cc65)c4)c3)ccn2)cc1. The van der Waals surface area contributed by atoms with Gasteiger partial charge in [0.05, 0.1) is 27.8 Å². The van der Waals surface area contributed by atoms with Gasteiger partial charge in [-0.15, -0.1) is 0 Å². The lowest BCUT2D eigenvalue weighted by molar-refractivity contribution is 1.18. The Labute approximate surface area is 325 Å². The van der Waals surface area contributed by atoms with Gasteiger partial charge >= 0.3 is 0 Å². The first kappa shape index (κ1) is 32.0. The van der Waals surface area contributed by atoms with Crippen LogP contribution in [0.4, 0.5) is 0 Å². The monoisotopic (exact) mass is 713 g/mol. The van der Waals surface area contributed by atoms with Crippen LogP contribution in [0.2, 0.25) is 0 Å². The number of hydrogen-bond acceptors (Lipinski definition) is 1. The third-order valence-electron chi connectivity index (χ3n) is 11.2. The van der Waals surface area contributed by atoms with E-state index in [0.29, 0.717) is 0 Å². The summed E-state index contributed by atoms with van der Waals surface area (Å²) in [5.41, 5.74) is 16.2. The third-order valence-corrected chi connectivity index (χ3v) is 11.2. The zero-order valence-corrected chi connectivity index (χ0v) is 30.5. The van der Waals surface area contributed by atoms with Gasteiger partial charge in [0, 0.05) is 44.7 Å². The molecule has 3 heteroatoms. The lowest BCUT2D eigenvalue weighted by Crippen LogP contribution is -1.95. The maximum atomic E-state index is 4.66. The Morgan fingerprint density at radius 2 is 0.696 bits per heavy atom. The number of fused-ring (bicyclic) bond motifs is 6. The second kappa shape index (κ2) is 13.1. The number of aromatic nitrogens is 3. The van der Waals surface area contributed by atoms with Crippen molar-refractivity contribution in [3.8, 4) is 56.0 Å². The van der Waals surface area contributed by atoms with Gasteiger partial charge in [0.2, 0.25) is 0 Å². The molecular weight excluding hydrogens is 679 g/mol. The van der Waals surface area contributed by atoms with Crippen molar-refractivity contribution in [3.63, 3.8) is 0 Å². The van der Waals surface area contributed by atoms with Crippen molar-refractivity contribution in [3.05, 3.63) is 212 Å². The normalized spacial score (nSPS) is 11.6. The summed E-state index contributed by atoms with van der Waals surface area (Å²) >= 11 is 0. The number of hydrogen-bond donors (Lipinski definition) is 0. The van der Waals surface area contributed by atoms with Crippen LogP contribution in [0.3, 0.4) is 0 Å². The van der Waals surface area contributed by atoms with E-state index < -0.39 is 0 Å². The molecule has 0 spiro atoms. The molecule has 0 N–H and O–H groups in total. The third kappa shape index (κ3) is 5.32. The predicted molar refractivity (Wildman–Crippen MR) is 235 cm³/mol. The molecule has 0 saturated heterocycles. The van der Waals surface area contributed by atoms with Crippen LogP contribution < -0.4 is 0 Å². The quantitative estimate of drug-likeness (QED) is 0.168. The molecule has 11 rings (SSSR count). The summed E-state index contributed by atoms with van der Waals surface area (Å²) in [7, 11) is 0. The predicted octanol–water partition coefficient (Wildman–Crippen LogP) is 13.9. The molecule has 3 nitrogen and oxygen atoms in total. The van der Waals surface area contributed by atoms with Gasteiger partial charge in [0.15, 0.2) is 0 Å². The Morgan fingerprint density at radius 1 is 0.268 bits per heavy atom. The van der Waals surface area contributed by atoms with E-state index in [-0.39, 0.29) is 0 Å². The summed E-state index contributed by atoms with van der Waals surface area (Å²) in [5, 5.41) is 5.01. The van der Waals surface area contributed by atoms with Crippen molar-refractivity contribution in [2.75, 3.05) is 0 Å². The van der Waals surface area contributed by atoms with Crippen LogP contribution in [-0.4, -0.2) is 14.1 Å². The second-order valence-electron chi connectivity index (χ2n) is 14.4. The molecule has 0 saturated carbocycles. The Bertz CT molecular complexity index is 3200. The summed E-state index contributed by atoms with van der Waals surface area (Å²) in [6.45, 7) is 0. The van der Waals surface area contributed by atoms with Crippen LogP contribution in [-0.2, 0) is 0 Å². The van der Waals surface area contributed by atoms with Crippen molar-refractivity contribution in [2.24, 2.45) is 0 Å². The highest BCUT2D eigenvalue weighted by atomic mass is 15.0. The lowest BCUT2D eigenvalue weighted by Gasteiger charge is -2.13. The number of nitrogens with zero attached hydrogens (tertiary/aromatic N) is 3. The zero-order chi connectivity index (χ0) is 37.0. The molecular formula is C53H35N3. The zero-order valence-electron chi connectivity index (χ0n) is 30.5. The molecule has 0 aliphatic rings. The second-order valence-corrected chi connectivity index (χ2v) is 14.4. The van der Waals surface area contributed by atoms with E-state index in [1.165, 1.54) is 65.9 Å². The van der Waals surface area contributed by atoms with E-state index in [4.69, 9.17) is 0 Å². The van der Waals surface area contributed by atoms with Gasteiger partial charge in [0.25, 0.3) is 0 Å². The molecule has 0 radical (unpaired) electrons. The highest BCUT2D eigenvalue weighted by Crippen LogP contribution is 2.38. The number of para-hydroxylation sites is 3. The van der Waals surface area contributed by atoms with Crippen molar-refractivity contribution >= 4 is 43.6 Å². The molecule has 0 aliphatic carbocycles. The number of benzene rings is 8. The molecule has 56 heavy (non-hydrogen) atoms. The standard InChI is InChI=1S/C53H35N3/c1-2-13-36(14-3-1)49-34-42(29-30-54-49)38-16-10-15-37(31-38)39-17-11-20-44(32-39)56-52-26-9-6-23-47(52)48-28-27-41(35-53(48)56)40-18-12-19-43(33-40)55-50-24-7-4-21-45(50)46-22-5-8-25-51(46)55/h1-35H. The van der Waals surface area contributed by atoms with Gasteiger partial charge in [0.1, 0.15) is 0 Å². The van der Waals surface area contributed by atoms with Crippen LogP contribution in [0.25, 0.3) is 99.6 Å². The Hall–Kier alpha value is -7.49. The van der Waals surface area contributed by atoms with Gasteiger partial charge in [-0.3, -0.25) is 4.98 Å². The molecule has 3 aromatic heterocycles. The highest BCUT2D eigenvalue weighted by molar-refractivity contribution is 6.11. The van der Waals surface area contributed by atoms with Gasteiger partial charge in [-0.1, -0.05) is 140 Å². The molecule has 0 fully saturated rings. The molecule has 8 aromatic carbocycles. The van der Waals surface area contributed by atoms with E-state index in [2.05, 4.69) is 214 Å². The fraction of sp³-hybridized carbons (Fsp3) is 0. The van der Waals surface area contributed by atoms with Crippen molar-refractivity contribution in [1.29, 1.82) is 0 Å². The first-order chi connectivity index (χ1) is 27.8. The van der Waals surface area contributed by atoms with E-state index >= 15 is 0 Å². The van der Waals surface area contributed by atoms with E-state index in [1.54, 1.807) is 0 Å². The van der Waals surface area contributed by atoms with Crippen LogP contribution in [0.15, 0.2) is 212 Å². The number of rotatable bonds is 6. The topological polar surface area (TPSA) is 22.8 Å². The summed E-state index contributed by atoms with van der Waals surface area (Å²) in [5.74, 6) is 0. The summed E-state index contributed by atoms with van der Waals surface area (Å²) in [6.07, 6.45) is 1.90. The first-order valence-corrected chi connectivity index (χ1v) is 19.1. The summed E-state index contributed by atoms with van der Waals surface area (Å²) < 4.78 is 4.81.